The summed E-state index contributed by atoms with van der Waals surface area (Å²) in [7, 11) is 1.66. The quantitative estimate of drug-likeness (QED) is 0.306. The summed E-state index contributed by atoms with van der Waals surface area (Å²) < 4.78 is 18.2. The Kier molecular flexibility index (Phi) is 6.92. The van der Waals surface area contributed by atoms with Gasteiger partial charge in [0.05, 0.1) is 13.2 Å². The fourth-order valence-corrected chi connectivity index (χ4v) is 4.67. The van der Waals surface area contributed by atoms with Gasteiger partial charge in [0, 0.05) is 24.1 Å². The van der Waals surface area contributed by atoms with E-state index in [9.17, 15) is 0 Å². The van der Waals surface area contributed by atoms with Crippen molar-refractivity contribution >= 4 is 11.1 Å². The first-order chi connectivity index (χ1) is 17.3. The van der Waals surface area contributed by atoms with E-state index in [4.69, 9.17) is 19.2 Å². The Labute approximate surface area is 204 Å². The van der Waals surface area contributed by atoms with Crippen LogP contribution in [0.25, 0.3) is 33.6 Å². The first-order valence-corrected chi connectivity index (χ1v) is 12.0. The fourth-order valence-electron chi connectivity index (χ4n) is 4.67. The van der Waals surface area contributed by atoms with Crippen LogP contribution < -0.4 is 9.47 Å². The zero-order valence-corrected chi connectivity index (χ0v) is 19.8. The number of furan rings is 1. The van der Waals surface area contributed by atoms with Gasteiger partial charge in [0.15, 0.2) is 0 Å². The number of rotatable bonds is 8. The Morgan fingerprint density at radius 3 is 2.69 bits per heavy atom. The van der Waals surface area contributed by atoms with Crippen LogP contribution >= 0.6 is 0 Å². The molecule has 1 atom stereocenters. The molecule has 1 fully saturated rings. The molecule has 35 heavy (non-hydrogen) atoms. The molecule has 1 aliphatic rings. The summed E-state index contributed by atoms with van der Waals surface area (Å²) in [5, 5.41) is 9.63. The average molecular weight is 469 g/mol. The smallest absolute Gasteiger partial charge is 0.234 e. The monoisotopic (exact) mass is 468 g/mol. The average Bonchev–Trinajstić information content (AvgIpc) is 3.30. The lowest BCUT2D eigenvalue weighted by Gasteiger charge is -2.32. The topological polar surface area (TPSA) is 84.4 Å². The van der Waals surface area contributed by atoms with E-state index in [1.165, 1.54) is 6.33 Å². The molecule has 1 saturated heterocycles. The second kappa shape index (κ2) is 10.6. The number of likely N-dealkylation sites (tertiary alicyclic amines) is 1. The molecule has 1 aliphatic heterocycles. The number of hydrogen-bond donors (Lipinski definition) is 0. The SMILES string of the molecule is COc1ccc(-c2c(-c3ccccc3)oc3ncnc(OC4CCCN(CCCC#N)C4)c23)cc1. The van der Waals surface area contributed by atoms with E-state index in [1.54, 1.807) is 7.11 Å². The molecule has 0 spiro atoms. The Hall–Kier alpha value is -3.89. The van der Waals surface area contributed by atoms with Crippen LogP contribution in [-0.2, 0) is 0 Å². The van der Waals surface area contributed by atoms with Crippen molar-refractivity contribution in [1.82, 2.24) is 14.9 Å². The van der Waals surface area contributed by atoms with Gasteiger partial charge in [0.2, 0.25) is 11.6 Å². The molecule has 2 aromatic carbocycles. The van der Waals surface area contributed by atoms with Crippen molar-refractivity contribution in [2.45, 2.75) is 31.8 Å². The van der Waals surface area contributed by atoms with Crippen molar-refractivity contribution in [3.8, 4) is 40.1 Å². The second-order valence-electron chi connectivity index (χ2n) is 8.70. The van der Waals surface area contributed by atoms with Gasteiger partial charge in [-0.25, -0.2) is 9.97 Å². The van der Waals surface area contributed by atoms with E-state index in [-0.39, 0.29) is 6.10 Å². The summed E-state index contributed by atoms with van der Waals surface area (Å²) in [5.74, 6) is 2.06. The molecule has 3 heterocycles. The molecule has 5 rings (SSSR count). The van der Waals surface area contributed by atoms with Gasteiger partial charge in [-0.2, -0.15) is 5.26 Å². The molecule has 0 bridgehead atoms. The van der Waals surface area contributed by atoms with Gasteiger partial charge < -0.3 is 13.9 Å². The molecule has 0 amide bonds. The Morgan fingerprint density at radius 2 is 1.91 bits per heavy atom. The maximum absolute atomic E-state index is 8.85. The maximum atomic E-state index is 8.85. The molecule has 2 aromatic heterocycles. The van der Waals surface area contributed by atoms with E-state index in [1.807, 2.05) is 54.6 Å². The van der Waals surface area contributed by atoms with Gasteiger partial charge in [0.25, 0.3) is 0 Å². The third-order valence-corrected chi connectivity index (χ3v) is 6.37. The lowest BCUT2D eigenvalue weighted by molar-refractivity contribution is 0.0858. The standard InChI is InChI=1S/C28H28N4O3/c1-33-22-13-11-20(12-14-22)24-25-27(34-23-10-7-17-32(18-23)16-6-5-15-29)30-19-31-28(25)35-26(24)21-8-3-2-4-9-21/h2-4,8-9,11-14,19,23H,5-7,10,16-18H2,1H3. The van der Waals surface area contributed by atoms with Crippen LogP contribution in [0.2, 0.25) is 0 Å². The molecule has 0 radical (unpaired) electrons. The van der Waals surface area contributed by atoms with Gasteiger partial charge in [-0.1, -0.05) is 42.5 Å². The minimum Gasteiger partial charge on any atom is -0.497 e. The Bertz CT molecular complexity index is 1310. The van der Waals surface area contributed by atoms with Crippen LogP contribution in [-0.4, -0.2) is 47.7 Å². The van der Waals surface area contributed by atoms with Crippen LogP contribution in [0.3, 0.4) is 0 Å². The first-order valence-electron chi connectivity index (χ1n) is 12.0. The predicted octanol–water partition coefficient (Wildman–Crippen LogP) is 5.71. The van der Waals surface area contributed by atoms with Crippen molar-refractivity contribution in [3.05, 3.63) is 60.9 Å². The third-order valence-electron chi connectivity index (χ3n) is 6.37. The summed E-state index contributed by atoms with van der Waals surface area (Å²) >= 11 is 0. The van der Waals surface area contributed by atoms with Crippen molar-refractivity contribution in [3.63, 3.8) is 0 Å². The van der Waals surface area contributed by atoms with Crippen LogP contribution in [0.4, 0.5) is 0 Å². The Balaban J connectivity index is 1.54. The number of ether oxygens (including phenoxy) is 2. The van der Waals surface area contributed by atoms with Crippen LogP contribution in [0.15, 0.2) is 65.3 Å². The van der Waals surface area contributed by atoms with Crippen molar-refractivity contribution in [2.75, 3.05) is 26.7 Å². The summed E-state index contributed by atoms with van der Waals surface area (Å²) in [5.41, 5.74) is 3.35. The summed E-state index contributed by atoms with van der Waals surface area (Å²) in [6, 6.07) is 20.2. The van der Waals surface area contributed by atoms with Gasteiger partial charge in [-0.15, -0.1) is 0 Å². The number of nitrogens with zero attached hydrogens (tertiary/aromatic N) is 4. The number of fused-ring (bicyclic) bond motifs is 1. The van der Waals surface area contributed by atoms with Gasteiger partial charge >= 0.3 is 0 Å². The van der Waals surface area contributed by atoms with E-state index in [2.05, 4.69) is 20.9 Å². The van der Waals surface area contributed by atoms with Crippen molar-refractivity contribution < 1.29 is 13.9 Å². The molecular weight excluding hydrogens is 440 g/mol. The number of nitriles is 1. The lowest BCUT2D eigenvalue weighted by Crippen LogP contribution is -2.41. The number of hydrogen-bond acceptors (Lipinski definition) is 7. The molecule has 1 unspecified atom stereocenters. The molecule has 0 aliphatic carbocycles. The number of aromatic nitrogens is 2. The normalized spacial score (nSPS) is 16.2. The first kappa shape index (κ1) is 22.9. The van der Waals surface area contributed by atoms with E-state index in [0.717, 1.165) is 72.5 Å². The van der Waals surface area contributed by atoms with E-state index < -0.39 is 0 Å². The van der Waals surface area contributed by atoms with Crippen LogP contribution in [0, 0.1) is 11.3 Å². The van der Waals surface area contributed by atoms with Gasteiger partial charge in [0.1, 0.15) is 29.3 Å². The van der Waals surface area contributed by atoms with Crippen LogP contribution in [0.1, 0.15) is 25.7 Å². The van der Waals surface area contributed by atoms with Gasteiger partial charge in [-0.3, -0.25) is 4.90 Å². The lowest BCUT2D eigenvalue weighted by atomic mass is 9.99. The maximum Gasteiger partial charge on any atom is 0.234 e. The highest BCUT2D eigenvalue weighted by molar-refractivity contribution is 6.03. The number of unbranched alkanes of at least 4 members (excludes halogenated alkanes) is 1. The number of piperidine rings is 1. The van der Waals surface area contributed by atoms with Gasteiger partial charge in [-0.05, 0) is 50.0 Å². The fraction of sp³-hybridized carbons (Fsp3) is 0.321. The summed E-state index contributed by atoms with van der Waals surface area (Å²) in [4.78, 5) is 11.4. The second-order valence-corrected chi connectivity index (χ2v) is 8.70. The van der Waals surface area contributed by atoms with E-state index >= 15 is 0 Å². The number of methoxy groups -OCH3 is 1. The highest BCUT2D eigenvalue weighted by Crippen LogP contribution is 2.43. The van der Waals surface area contributed by atoms with Crippen molar-refractivity contribution in [1.29, 1.82) is 5.26 Å². The largest absolute Gasteiger partial charge is 0.497 e. The molecule has 0 N–H and O–H groups in total. The molecule has 7 heteroatoms. The Morgan fingerprint density at radius 1 is 1.09 bits per heavy atom. The molecular formula is C28H28N4O3. The summed E-state index contributed by atoms with van der Waals surface area (Å²) in [6.07, 6.45) is 4.99. The predicted molar refractivity (Wildman–Crippen MR) is 134 cm³/mol. The zero-order chi connectivity index (χ0) is 24.0. The number of benzene rings is 2. The highest BCUT2D eigenvalue weighted by Gasteiger charge is 2.26. The van der Waals surface area contributed by atoms with E-state index in [0.29, 0.717) is 18.0 Å². The van der Waals surface area contributed by atoms with Crippen molar-refractivity contribution in [2.24, 2.45) is 0 Å². The minimum atomic E-state index is 0.0164. The summed E-state index contributed by atoms with van der Waals surface area (Å²) in [6.45, 7) is 2.76. The minimum absolute atomic E-state index is 0.0164. The van der Waals surface area contributed by atoms with Crippen LogP contribution in [0.5, 0.6) is 11.6 Å². The highest BCUT2D eigenvalue weighted by atomic mass is 16.5. The molecule has 0 saturated carbocycles. The zero-order valence-electron chi connectivity index (χ0n) is 19.8. The molecule has 178 valence electrons. The molecule has 4 aromatic rings. The third kappa shape index (κ3) is 4.98. The molecule has 7 nitrogen and oxygen atoms in total.